The summed E-state index contributed by atoms with van der Waals surface area (Å²) >= 11 is 0. The number of fused-ring (bicyclic) bond motifs is 1. The molecule has 0 fully saturated rings. The number of phenols is 1. The number of hydrogen-bond acceptors (Lipinski definition) is 2. The van der Waals surface area contributed by atoms with Gasteiger partial charge in [-0.25, -0.2) is 0 Å². The van der Waals surface area contributed by atoms with Gasteiger partial charge in [-0.05, 0) is 36.2 Å². The molecular formula is C16H17NO2. The van der Waals surface area contributed by atoms with Crippen molar-refractivity contribution in [3.8, 4) is 5.75 Å². The Kier molecular flexibility index (Phi) is 3.85. The van der Waals surface area contributed by atoms with Gasteiger partial charge in [-0.2, -0.15) is 0 Å². The van der Waals surface area contributed by atoms with Gasteiger partial charge in [0.25, 0.3) is 5.91 Å². The van der Waals surface area contributed by atoms with Crippen molar-refractivity contribution < 1.29 is 9.90 Å². The molecule has 1 amide bonds. The predicted molar refractivity (Wildman–Crippen MR) is 77.4 cm³/mol. The van der Waals surface area contributed by atoms with E-state index in [1.165, 1.54) is 0 Å². The third-order valence-corrected chi connectivity index (χ3v) is 3.01. The number of aromatic hydroxyl groups is 1. The van der Waals surface area contributed by atoms with E-state index in [0.29, 0.717) is 12.0 Å². The first-order valence-corrected chi connectivity index (χ1v) is 6.25. The molecule has 3 heteroatoms. The quantitative estimate of drug-likeness (QED) is 0.824. The molecule has 0 spiro atoms. The van der Waals surface area contributed by atoms with Crippen LogP contribution < -0.4 is 5.32 Å². The van der Waals surface area contributed by atoms with Crippen LogP contribution in [0.1, 0.15) is 23.7 Å². The Bertz CT molecular complexity index is 619. The van der Waals surface area contributed by atoms with Crippen molar-refractivity contribution in [2.45, 2.75) is 19.4 Å². The van der Waals surface area contributed by atoms with Crippen LogP contribution in [0.3, 0.4) is 0 Å². The second kappa shape index (κ2) is 5.57. The number of nitrogens with one attached hydrogen (secondary N) is 1. The zero-order chi connectivity index (χ0) is 13.8. The van der Waals surface area contributed by atoms with E-state index in [4.69, 9.17) is 0 Å². The molecule has 1 unspecified atom stereocenters. The van der Waals surface area contributed by atoms with Gasteiger partial charge >= 0.3 is 0 Å². The Hall–Kier alpha value is -2.29. The highest BCUT2D eigenvalue weighted by molar-refractivity contribution is 6.01. The van der Waals surface area contributed by atoms with Crippen molar-refractivity contribution in [3.05, 3.63) is 54.6 Å². The van der Waals surface area contributed by atoms with E-state index < -0.39 is 0 Å². The molecule has 98 valence electrons. The summed E-state index contributed by atoms with van der Waals surface area (Å²) < 4.78 is 0. The molecule has 0 aromatic heterocycles. The molecule has 0 aliphatic carbocycles. The number of phenolic OH excluding ortho intramolecular Hbond substituents is 1. The van der Waals surface area contributed by atoms with Gasteiger partial charge in [0, 0.05) is 6.04 Å². The maximum Gasteiger partial charge on any atom is 0.255 e. The van der Waals surface area contributed by atoms with Crippen LogP contribution in [0, 0.1) is 0 Å². The zero-order valence-electron chi connectivity index (χ0n) is 10.9. The highest BCUT2D eigenvalue weighted by atomic mass is 16.3. The minimum absolute atomic E-state index is 0.00185. The van der Waals surface area contributed by atoms with Crippen molar-refractivity contribution in [1.82, 2.24) is 5.32 Å². The minimum Gasteiger partial charge on any atom is -0.507 e. The number of carbonyl (C=O) groups excluding carboxylic acids is 1. The van der Waals surface area contributed by atoms with Crippen LogP contribution in [0.15, 0.2) is 49.1 Å². The maximum atomic E-state index is 12.1. The third-order valence-electron chi connectivity index (χ3n) is 3.01. The van der Waals surface area contributed by atoms with E-state index in [0.717, 1.165) is 10.8 Å². The Morgan fingerprint density at radius 2 is 2.00 bits per heavy atom. The summed E-state index contributed by atoms with van der Waals surface area (Å²) in [5, 5.41) is 14.6. The standard InChI is InChI=1S/C16H17NO2/c1-3-6-11(2)17-16(19)14-9-12-7-4-5-8-13(12)10-15(14)18/h3-5,7-11,18H,1,6H2,2H3,(H,17,19). The van der Waals surface area contributed by atoms with Crippen LogP contribution >= 0.6 is 0 Å². The Balaban J connectivity index is 2.31. The van der Waals surface area contributed by atoms with E-state index in [-0.39, 0.29) is 17.7 Å². The fourth-order valence-electron chi connectivity index (χ4n) is 2.02. The van der Waals surface area contributed by atoms with E-state index in [1.54, 1.807) is 18.2 Å². The predicted octanol–water partition coefficient (Wildman–Crippen LogP) is 3.24. The molecule has 2 aromatic carbocycles. The zero-order valence-corrected chi connectivity index (χ0v) is 10.9. The van der Waals surface area contributed by atoms with Gasteiger partial charge in [0.15, 0.2) is 0 Å². The molecule has 0 bridgehead atoms. The lowest BCUT2D eigenvalue weighted by molar-refractivity contribution is 0.0938. The lowest BCUT2D eigenvalue weighted by Gasteiger charge is -2.13. The average molecular weight is 255 g/mol. The second-order valence-corrected chi connectivity index (χ2v) is 4.62. The average Bonchev–Trinajstić information content (AvgIpc) is 2.38. The van der Waals surface area contributed by atoms with Crippen LogP contribution in [0.4, 0.5) is 0 Å². The summed E-state index contributed by atoms with van der Waals surface area (Å²) in [5.74, 6) is -0.264. The summed E-state index contributed by atoms with van der Waals surface area (Å²) in [4.78, 5) is 12.1. The molecular weight excluding hydrogens is 238 g/mol. The minimum atomic E-state index is -0.266. The SMILES string of the molecule is C=CCC(C)NC(=O)c1cc2ccccc2cc1O. The molecule has 2 N–H and O–H groups in total. The fourth-order valence-corrected chi connectivity index (χ4v) is 2.02. The number of carbonyl (C=O) groups is 1. The van der Waals surface area contributed by atoms with E-state index >= 15 is 0 Å². The van der Waals surface area contributed by atoms with Crippen molar-refractivity contribution >= 4 is 16.7 Å². The molecule has 1 atom stereocenters. The van der Waals surface area contributed by atoms with Crippen LogP contribution in [0.2, 0.25) is 0 Å². The molecule has 3 nitrogen and oxygen atoms in total. The van der Waals surface area contributed by atoms with Gasteiger partial charge in [0.05, 0.1) is 5.56 Å². The fraction of sp³-hybridized carbons (Fsp3) is 0.188. The van der Waals surface area contributed by atoms with Gasteiger partial charge in [-0.15, -0.1) is 6.58 Å². The largest absolute Gasteiger partial charge is 0.507 e. The number of benzene rings is 2. The van der Waals surface area contributed by atoms with Crippen LogP contribution in [-0.2, 0) is 0 Å². The molecule has 0 saturated heterocycles. The summed E-state index contributed by atoms with van der Waals surface area (Å²) in [6.07, 6.45) is 2.45. The molecule has 0 radical (unpaired) electrons. The van der Waals surface area contributed by atoms with Crippen molar-refractivity contribution in [2.75, 3.05) is 0 Å². The summed E-state index contributed by atoms with van der Waals surface area (Å²) in [5.41, 5.74) is 0.301. The highest BCUT2D eigenvalue weighted by Crippen LogP contribution is 2.24. The first kappa shape index (κ1) is 13.1. The summed E-state index contributed by atoms with van der Waals surface area (Å²) in [6, 6.07) is 10.9. The summed E-state index contributed by atoms with van der Waals surface area (Å²) in [6.45, 7) is 5.54. The van der Waals surface area contributed by atoms with Gasteiger partial charge < -0.3 is 10.4 Å². The van der Waals surface area contributed by atoms with Gasteiger partial charge in [-0.3, -0.25) is 4.79 Å². The van der Waals surface area contributed by atoms with Crippen LogP contribution in [0.25, 0.3) is 10.8 Å². The smallest absolute Gasteiger partial charge is 0.255 e. The number of rotatable bonds is 4. The summed E-state index contributed by atoms with van der Waals surface area (Å²) in [7, 11) is 0. The maximum absolute atomic E-state index is 12.1. The lowest BCUT2D eigenvalue weighted by Crippen LogP contribution is -2.32. The van der Waals surface area contributed by atoms with Gasteiger partial charge in [0.1, 0.15) is 5.75 Å². The third kappa shape index (κ3) is 2.94. The lowest BCUT2D eigenvalue weighted by atomic mass is 10.0. The molecule has 0 heterocycles. The van der Waals surface area contributed by atoms with Gasteiger partial charge in [0.2, 0.25) is 0 Å². The molecule has 0 aliphatic heterocycles. The normalized spacial score (nSPS) is 12.1. The Morgan fingerprint density at radius 1 is 1.37 bits per heavy atom. The monoisotopic (exact) mass is 255 g/mol. The molecule has 19 heavy (non-hydrogen) atoms. The highest BCUT2D eigenvalue weighted by Gasteiger charge is 2.14. The van der Waals surface area contributed by atoms with Crippen molar-refractivity contribution in [3.63, 3.8) is 0 Å². The second-order valence-electron chi connectivity index (χ2n) is 4.62. The molecule has 2 rings (SSSR count). The molecule has 0 aliphatic rings. The first-order chi connectivity index (χ1) is 9.11. The Labute approximate surface area is 112 Å². The van der Waals surface area contributed by atoms with E-state index in [1.807, 2.05) is 31.2 Å². The van der Waals surface area contributed by atoms with E-state index in [9.17, 15) is 9.90 Å². The molecule has 0 saturated carbocycles. The first-order valence-electron chi connectivity index (χ1n) is 6.25. The Morgan fingerprint density at radius 3 is 2.63 bits per heavy atom. The van der Waals surface area contributed by atoms with Crippen molar-refractivity contribution in [1.29, 1.82) is 0 Å². The topological polar surface area (TPSA) is 49.3 Å². The van der Waals surface area contributed by atoms with Crippen LogP contribution in [0.5, 0.6) is 5.75 Å². The molecule has 2 aromatic rings. The van der Waals surface area contributed by atoms with Gasteiger partial charge in [-0.1, -0.05) is 30.3 Å². The number of hydrogen-bond donors (Lipinski definition) is 2. The van der Waals surface area contributed by atoms with Crippen molar-refractivity contribution in [2.24, 2.45) is 0 Å². The van der Waals surface area contributed by atoms with Crippen LogP contribution in [-0.4, -0.2) is 17.1 Å². The number of amides is 1. The van der Waals surface area contributed by atoms with E-state index in [2.05, 4.69) is 11.9 Å².